The summed E-state index contributed by atoms with van der Waals surface area (Å²) in [6, 6.07) is 9.91. The number of carbonyl (C=O) groups is 3. The highest BCUT2D eigenvalue weighted by molar-refractivity contribution is 8.00. The van der Waals surface area contributed by atoms with E-state index in [4.69, 9.17) is 16.3 Å². The van der Waals surface area contributed by atoms with Crippen LogP contribution in [0, 0.1) is 0 Å². The summed E-state index contributed by atoms with van der Waals surface area (Å²) in [6.07, 6.45) is 0.377. The third-order valence-electron chi connectivity index (χ3n) is 3.17. The lowest BCUT2D eigenvalue weighted by atomic mass is 10.2. The van der Waals surface area contributed by atoms with Gasteiger partial charge in [0, 0.05) is 11.1 Å². The van der Waals surface area contributed by atoms with E-state index in [1.165, 1.54) is 31.8 Å². The van der Waals surface area contributed by atoms with Crippen LogP contribution in [0.2, 0.25) is 5.02 Å². The van der Waals surface area contributed by atoms with E-state index in [9.17, 15) is 14.4 Å². The Morgan fingerprint density at radius 1 is 1.23 bits per heavy atom. The van der Waals surface area contributed by atoms with Crippen molar-refractivity contribution < 1.29 is 19.1 Å². The molecule has 1 aromatic heterocycles. The molecule has 1 N–H and O–H groups in total. The molecule has 2 aromatic rings. The number of benzene rings is 1. The van der Waals surface area contributed by atoms with Crippen molar-refractivity contribution in [2.24, 2.45) is 0 Å². The van der Waals surface area contributed by atoms with Gasteiger partial charge in [-0.2, -0.15) is 0 Å². The fourth-order valence-electron chi connectivity index (χ4n) is 1.90. The summed E-state index contributed by atoms with van der Waals surface area (Å²) in [5, 5.41) is 2.99. The van der Waals surface area contributed by atoms with Crippen molar-refractivity contribution >= 4 is 46.8 Å². The van der Waals surface area contributed by atoms with Crippen molar-refractivity contribution in [3.63, 3.8) is 0 Å². The zero-order valence-corrected chi connectivity index (χ0v) is 15.8. The minimum atomic E-state index is -1.02. The smallest absolute Gasteiger partial charge is 0.340 e. The molecular weight excluding hydrogens is 376 g/mol. The van der Waals surface area contributed by atoms with Gasteiger partial charge in [0.15, 0.2) is 6.10 Å². The summed E-state index contributed by atoms with van der Waals surface area (Å²) < 4.78 is 5.24. The molecule has 26 heavy (non-hydrogen) atoms. The van der Waals surface area contributed by atoms with Crippen LogP contribution in [0.25, 0.3) is 0 Å². The molecule has 0 aliphatic rings. The molecule has 1 aromatic carbocycles. The molecule has 1 heterocycles. The Labute approximate surface area is 160 Å². The number of hydrogen-bond donors (Lipinski definition) is 1. The summed E-state index contributed by atoms with van der Waals surface area (Å²) in [5.74, 6) is -0.589. The number of ether oxygens (including phenoxy) is 1. The number of nitrogens with zero attached hydrogens (tertiary/aromatic N) is 1. The van der Waals surface area contributed by atoms with Crippen LogP contribution in [-0.2, 0) is 14.3 Å². The van der Waals surface area contributed by atoms with Gasteiger partial charge in [-0.15, -0.1) is 11.8 Å². The van der Waals surface area contributed by atoms with Gasteiger partial charge in [0.25, 0.3) is 5.91 Å². The largest absolute Gasteiger partial charge is 0.449 e. The lowest BCUT2D eigenvalue weighted by Gasteiger charge is -2.14. The van der Waals surface area contributed by atoms with Crippen LogP contribution in [0.15, 0.2) is 47.5 Å². The van der Waals surface area contributed by atoms with Crippen LogP contribution >= 0.6 is 23.4 Å². The van der Waals surface area contributed by atoms with E-state index in [-0.39, 0.29) is 11.5 Å². The number of pyridine rings is 1. The third-order valence-corrected chi connectivity index (χ3v) is 4.61. The number of carbonyl (C=O) groups excluding carboxylic acids is 3. The second kappa shape index (κ2) is 9.35. The van der Waals surface area contributed by atoms with Gasteiger partial charge in [-0.25, -0.2) is 9.78 Å². The van der Waals surface area contributed by atoms with Crippen molar-refractivity contribution in [1.29, 1.82) is 0 Å². The van der Waals surface area contributed by atoms with Gasteiger partial charge in [-0.3, -0.25) is 9.59 Å². The predicted octanol–water partition coefficient (Wildman–Crippen LogP) is 3.60. The van der Waals surface area contributed by atoms with Crippen molar-refractivity contribution in [3.8, 4) is 0 Å². The number of aromatic nitrogens is 1. The highest BCUT2D eigenvalue weighted by Crippen LogP contribution is 2.23. The van der Waals surface area contributed by atoms with Gasteiger partial charge in [-0.1, -0.05) is 23.7 Å². The van der Waals surface area contributed by atoms with Gasteiger partial charge >= 0.3 is 5.97 Å². The molecule has 0 radical (unpaired) electrons. The number of nitrogens with one attached hydrogen (secondary N) is 1. The Hall–Kier alpha value is -2.38. The average molecular weight is 393 g/mol. The van der Waals surface area contributed by atoms with Gasteiger partial charge in [0.2, 0.25) is 0 Å². The van der Waals surface area contributed by atoms with Crippen molar-refractivity contribution in [2.75, 3.05) is 11.1 Å². The second-order valence-corrected chi connectivity index (χ2v) is 6.84. The van der Waals surface area contributed by atoms with Crippen LogP contribution in [0.4, 0.5) is 5.82 Å². The summed E-state index contributed by atoms with van der Waals surface area (Å²) >= 11 is 6.99. The standard InChI is InChI=1S/C18H17ClN2O4S/c1-11(22)10-26-15-6-4-3-5-14(15)18(24)25-12(2)17(23)21-16-8-7-13(19)9-20-16/h3-9,12H,10H2,1-2H3,(H,20,21,23)/t12-/m1/s1. The molecule has 6 nitrogen and oxygen atoms in total. The summed E-state index contributed by atoms with van der Waals surface area (Å²) in [4.78, 5) is 40.3. The van der Waals surface area contributed by atoms with Gasteiger partial charge in [0.1, 0.15) is 11.6 Å². The number of thioether (sulfide) groups is 1. The first-order chi connectivity index (χ1) is 12.4. The summed E-state index contributed by atoms with van der Waals surface area (Å²) in [6.45, 7) is 2.94. The molecule has 8 heteroatoms. The van der Waals surface area contributed by atoms with Crippen LogP contribution < -0.4 is 5.32 Å². The quantitative estimate of drug-likeness (QED) is 0.572. The Balaban J connectivity index is 2.01. The Morgan fingerprint density at radius 2 is 1.96 bits per heavy atom. The molecule has 0 aliphatic heterocycles. The second-order valence-electron chi connectivity index (χ2n) is 5.39. The molecule has 2 rings (SSSR count). The number of rotatable bonds is 7. The minimum Gasteiger partial charge on any atom is -0.449 e. The maximum absolute atomic E-state index is 12.4. The highest BCUT2D eigenvalue weighted by atomic mass is 35.5. The van der Waals surface area contributed by atoms with E-state index in [1.54, 1.807) is 36.4 Å². The first kappa shape index (κ1) is 19.9. The molecule has 0 unspecified atom stereocenters. The lowest BCUT2D eigenvalue weighted by Crippen LogP contribution is -2.30. The number of anilines is 1. The molecule has 0 saturated heterocycles. The third kappa shape index (κ3) is 5.86. The van der Waals surface area contributed by atoms with Crippen LogP contribution in [-0.4, -0.2) is 34.5 Å². The lowest BCUT2D eigenvalue weighted by molar-refractivity contribution is -0.123. The average Bonchev–Trinajstić information content (AvgIpc) is 2.62. The molecule has 0 saturated carbocycles. The maximum Gasteiger partial charge on any atom is 0.340 e. The van der Waals surface area contributed by atoms with E-state index in [1.807, 2.05) is 0 Å². The van der Waals surface area contributed by atoms with Crippen molar-refractivity contribution in [3.05, 3.63) is 53.2 Å². The molecule has 0 aliphatic carbocycles. The van der Waals surface area contributed by atoms with Crippen molar-refractivity contribution in [1.82, 2.24) is 4.98 Å². The zero-order valence-electron chi connectivity index (χ0n) is 14.2. The molecule has 0 bridgehead atoms. The van der Waals surface area contributed by atoms with Gasteiger partial charge in [-0.05, 0) is 38.1 Å². The normalized spacial score (nSPS) is 11.5. The van der Waals surface area contributed by atoms with Crippen molar-refractivity contribution in [2.45, 2.75) is 24.8 Å². The number of esters is 1. The molecule has 1 atom stereocenters. The molecule has 1 amide bonds. The SMILES string of the molecule is CC(=O)CSc1ccccc1C(=O)O[C@H](C)C(=O)Nc1ccc(Cl)cn1. The first-order valence-corrected chi connectivity index (χ1v) is 9.08. The molecular formula is C18H17ClN2O4S. The minimum absolute atomic E-state index is 0.00128. The summed E-state index contributed by atoms with van der Waals surface area (Å²) in [7, 11) is 0. The van der Waals surface area contributed by atoms with E-state index in [0.717, 1.165) is 0 Å². The predicted molar refractivity (Wildman–Crippen MR) is 101 cm³/mol. The number of ketones is 1. The highest BCUT2D eigenvalue weighted by Gasteiger charge is 2.21. The van der Waals surface area contributed by atoms with E-state index in [0.29, 0.717) is 21.3 Å². The number of halogens is 1. The fourth-order valence-corrected chi connectivity index (χ4v) is 2.85. The van der Waals surface area contributed by atoms with Gasteiger partial charge < -0.3 is 10.1 Å². The fraction of sp³-hybridized carbons (Fsp3) is 0.222. The molecule has 0 spiro atoms. The Kier molecular flexibility index (Phi) is 7.17. The van der Waals surface area contributed by atoms with Crippen LogP contribution in [0.3, 0.4) is 0 Å². The maximum atomic E-state index is 12.4. The van der Waals surface area contributed by atoms with Crippen LogP contribution in [0.1, 0.15) is 24.2 Å². The zero-order chi connectivity index (χ0) is 19.1. The van der Waals surface area contributed by atoms with E-state index in [2.05, 4.69) is 10.3 Å². The van der Waals surface area contributed by atoms with E-state index >= 15 is 0 Å². The van der Waals surface area contributed by atoms with Crippen LogP contribution in [0.5, 0.6) is 0 Å². The summed E-state index contributed by atoms with van der Waals surface area (Å²) in [5.41, 5.74) is 0.308. The molecule has 0 fully saturated rings. The topological polar surface area (TPSA) is 85.4 Å². The number of amides is 1. The Morgan fingerprint density at radius 3 is 2.62 bits per heavy atom. The number of hydrogen-bond acceptors (Lipinski definition) is 6. The van der Waals surface area contributed by atoms with E-state index < -0.39 is 18.0 Å². The Bertz CT molecular complexity index is 811. The van der Waals surface area contributed by atoms with Gasteiger partial charge in [0.05, 0.1) is 16.3 Å². The molecule has 136 valence electrons. The number of Topliss-reactive ketones (excluding diaryl/α,β-unsaturated/α-hetero) is 1. The first-order valence-electron chi connectivity index (χ1n) is 7.71. The monoisotopic (exact) mass is 392 g/mol.